The summed E-state index contributed by atoms with van der Waals surface area (Å²) in [6.07, 6.45) is 4.33. The minimum atomic E-state index is -0.466. The van der Waals surface area contributed by atoms with Crippen LogP contribution in [0.15, 0.2) is 36.7 Å². The number of anilines is 1. The predicted molar refractivity (Wildman–Crippen MR) is 81.7 cm³/mol. The van der Waals surface area contributed by atoms with Crippen molar-refractivity contribution in [2.24, 2.45) is 0 Å². The van der Waals surface area contributed by atoms with Gasteiger partial charge in [0.1, 0.15) is 0 Å². The molecule has 2 rings (SSSR count). The second-order valence-corrected chi connectivity index (χ2v) is 4.76. The average Bonchev–Trinajstić information content (AvgIpc) is 2.99. The largest absolute Gasteiger partial charge is 0.338 e. The Hall–Kier alpha value is -2.90. The SMILES string of the molecule is Cc1cc([N+](=O)[O-])ccc1NC(=O)NCCCn1cccn1. The van der Waals surface area contributed by atoms with Crippen LogP contribution in [0.1, 0.15) is 12.0 Å². The van der Waals surface area contributed by atoms with Crippen molar-refractivity contribution in [1.82, 2.24) is 15.1 Å². The van der Waals surface area contributed by atoms with Crippen molar-refractivity contribution in [1.29, 1.82) is 0 Å². The normalized spacial score (nSPS) is 10.2. The summed E-state index contributed by atoms with van der Waals surface area (Å²) in [5.41, 5.74) is 1.19. The molecule has 1 aromatic carbocycles. The van der Waals surface area contributed by atoms with E-state index in [2.05, 4.69) is 15.7 Å². The van der Waals surface area contributed by atoms with Gasteiger partial charge in [0, 0.05) is 43.3 Å². The lowest BCUT2D eigenvalue weighted by Crippen LogP contribution is -2.30. The van der Waals surface area contributed by atoms with Crippen LogP contribution >= 0.6 is 0 Å². The van der Waals surface area contributed by atoms with E-state index < -0.39 is 4.92 Å². The Kier molecular flexibility index (Phi) is 5.07. The van der Waals surface area contributed by atoms with E-state index in [4.69, 9.17) is 0 Å². The minimum absolute atomic E-state index is 0.00248. The molecular weight excluding hydrogens is 286 g/mol. The molecule has 8 nitrogen and oxygen atoms in total. The van der Waals surface area contributed by atoms with Gasteiger partial charge in [0.05, 0.1) is 4.92 Å². The summed E-state index contributed by atoms with van der Waals surface area (Å²) >= 11 is 0. The highest BCUT2D eigenvalue weighted by Gasteiger charge is 2.09. The molecule has 0 saturated carbocycles. The number of nitro benzene ring substituents is 1. The lowest BCUT2D eigenvalue weighted by atomic mass is 10.2. The van der Waals surface area contributed by atoms with Crippen LogP contribution in [0.3, 0.4) is 0 Å². The summed E-state index contributed by atoms with van der Waals surface area (Å²) in [6, 6.07) is 5.82. The quantitative estimate of drug-likeness (QED) is 0.485. The zero-order valence-corrected chi connectivity index (χ0v) is 12.2. The first-order valence-corrected chi connectivity index (χ1v) is 6.83. The van der Waals surface area contributed by atoms with Crippen LogP contribution < -0.4 is 10.6 Å². The maximum Gasteiger partial charge on any atom is 0.319 e. The third kappa shape index (κ3) is 4.30. The van der Waals surface area contributed by atoms with Crippen LogP contribution in [0.2, 0.25) is 0 Å². The molecule has 0 spiro atoms. The van der Waals surface area contributed by atoms with Gasteiger partial charge in [-0.15, -0.1) is 0 Å². The number of hydrogen-bond acceptors (Lipinski definition) is 4. The highest BCUT2D eigenvalue weighted by molar-refractivity contribution is 5.90. The fraction of sp³-hybridized carbons (Fsp3) is 0.286. The number of urea groups is 1. The van der Waals surface area contributed by atoms with E-state index >= 15 is 0 Å². The Morgan fingerprint density at radius 3 is 2.91 bits per heavy atom. The molecule has 2 aromatic rings. The monoisotopic (exact) mass is 303 g/mol. The number of aromatic nitrogens is 2. The van der Waals surface area contributed by atoms with E-state index in [1.54, 1.807) is 17.8 Å². The molecule has 8 heteroatoms. The highest BCUT2D eigenvalue weighted by Crippen LogP contribution is 2.20. The number of non-ortho nitro benzene ring substituents is 1. The molecular formula is C14H17N5O3. The van der Waals surface area contributed by atoms with E-state index in [-0.39, 0.29) is 11.7 Å². The van der Waals surface area contributed by atoms with Crippen LogP contribution in [-0.4, -0.2) is 27.3 Å². The van der Waals surface area contributed by atoms with Gasteiger partial charge in [0.15, 0.2) is 0 Å². The van der Waals surface area contributed by atoms with Crippen LogP contribution in [0.5, 0.6) is 0 Å². The number of nitro groups is 1. The molecule has 0 unspecified atom stereocenters. The molecule has 2 N–H and O–H groups in total. The molecule has 0 aliphatic heterocycles. The van der Waals surface area contributed by atoms with E-state index in [1.807, 2.05) is 12.3 Å². The van der Waals surface area contributed by atoms with E-state index in [9.17, 15) is 14.9 Å². The third-order valence-electron chi connectivity index (χ3n) is 3.08. The second kappa shape index (κ2) is 7.21. The van der Waals surface area contributed by atoms with Crippen molar-refractivity contribution in [2.75, 3.05) is 11.9 Å². The van der Waals surface area contributed by atoms with Crippen LogP contribution in [0, 0.1) is 17.0 Å². The number of rotatable bonds is 6. The molecule has 0 bridgehead atoms. The number of nitrogens with zero attached hydrogens (tertiary/aromatic N) is 3. The van der Waals surface area contributed by atoms with Crippen molar-refractivity contribution >= 4 is 17.4 Å². The van der Waals surface area contributed by atoms with Gasteiger partial charge in [-0.3, -0.25) is 14.8 Å². The van der Waals surface area contributed by atoms with Crippen LogP contribution in [0.25, 0.3) is 0 Å². The summed E-state index contributed by atoms with van der Waals surface area (Å²) in [6.45, 7) is 2.95. The predicted octanol–water partition coefficient (Wildman–Crippen LogP) is 2.31. The molecule has 116 valence electrons. The fourth-order valence-electron chi connectivity index (χ4n) is 1.94. The maximum atomic E-state index is 11.8. The summed E-state index contributed by atoms with van der Waals surface area (Å²) in [7, 11) is 0. The van der Waals surface area contributed by atoms with Gasteiger partial charge in [0.2, 0.25) is 0 Å². The van der Waals surface area contributed by atoms with Crippen molar-refractivity contribution in [3.8, 4) is 0 Å². The summed E-state index contributed by atoms with van der Waals surface area (Å²) < 4.78 is 1.79. The first-order valence-electron chi connectivity index (χ1n) is 6.83. The van der Waals surface area contributed by atoms with Crippen molar-refractivity contribution in [2.45, 2.75) is 19.9 Å². The molecule has 0 fully saturated rings. The Labute approximate surface area is 127 Å². The summed E-state index contributed by atoms with van der Waals surface area (Å²) in [5.74, 6) is 0. The second-order valence-electron chi connectivity index (χ2n) is 4.76. The number of nitrogens with one attached hydrogen (secondary N) is 2. The molecule has 0 aliphatic rings. The standard InChI is InChI=1S/C14H17N5O3/c1-11-10-12(19(21)22)4-5-13(11)17-14(20)15-6-2-8-18-9-3-7-16-18/h3-5,7,9-10H,2,6,8H2,1H3,(H2,15,17,20). The Morgan fingerprint density at radius 1 is 1.45 bits per heavy atom. The van der Waals surface area contributed by atoms with Crippen molar-refractivity contribution in [3.05, 3.63) is 52.3 Å². The topological polar surface area (TPSA) is 102 Å². The molecule has 0 aliphatic carbocycles. The van der Waals surface area contributed by atoms with Gasteiger partial charge in [0.25, 0.3) is 5.69 Å². The van der Waals surface area contributed by atoms with E-state index in [0.717, 1.165) is 13.0 Å². The van der Waals surface area contributed by atoms with Crippen LogP contribution in [-0.2, 0) is 6.54 Å². The molecule has 0 radical (unpaired) electrons. The Bertz CT molecular complexity index is 655. The molecule has 1 aromatic heterocycles. The number of carbonyl (C=O) groups excluding carboxylic acids is 1. The lowest BCUT2D eigenvalue weighted by molar-refractivity contribution is -0.384. The summed E-state index contributed by atoms with van der Waals surface area (Å²) in [5, 5.41) is 20.1. The first kappa shape index (κ1) is 15.5. The van der Waals surface area contributed by atoms with Gasteiger partial charge in [-0.25, -0.2) is 4.79 Å². The zero-order valence-electron chi connectivity index (χ0n) is 12.2. The Balaban J connectivity index is 1.78. The number of benzene rings is 1. The van der Waals surface area contributed by atoms with Gasteiger partial charge in [-0.2, -0.15) is 5.10 Å². The molecule has 0 saturated heterocycles. The van der Waals surface area contributed by atoms with Crippen molar-refractivity contribution < 1.29 is 9.72 Å². The summed E-state index contributed by atoms with van der Waals surface area (Å²) in [4.78, 5) is 22.0. The van der Waals surface area contributed by atoms with Crippen molar-refractivity contribution in [3.63, 3.8) is 0 Å². The van der Waals surface area contributed by atoms with Crippen LogP contribution in [0.4, 0.5) is 16.2 Å². The zero-order chi connectivity index (χ0) is 15.9. The number of amides is 2. The smallest absolute Gasteiger partial charge is 0.319 e. The minimum Gasteiger partial charge on any atom is -0.338 e. The van der Waals surface area contributed by atoms with Gasteiger partial charge in [-0.05, 0) is 31.0 Å². The lowest BCUT2D eigenvalue weighted by Gasteiger charge is -2.09. The van der Waals surface area contributed by atoms with Gasteiger partial charge < -0.3 is 10.6 Å². The molecule has 2 amide bonds. The van der Waals surface area contributed by atoms with Gasteiger partial charge >= 0.3 is 6.03 Å². The maximum absolute atomic E-state index is 11.8. The number of aryl methyl sites for hydroxylation is 2. The van der Waals surface area contributed by atoms with Gasteiger partial charge in [-0.1, -0.05) is 0 Å². The number of hydrogen-bond donors (Lipinski definition) is 2. The average molecular weight is 303 g/mol. The number of carbonyl (C=O) groups is 1. The highest BCUT2D eigenvalue weighted by atomic mass is 16.6. The fourth-order valence-corrected chi connectivity index (χ4v) is 1.94. The molecule has 1 heterocycles. The molecule has 22 heavy (non-hydrogen) atoms. The first-order chi connectivity index (χ1) is 10.6. The Morgan fingerprint density at radius 2 is 2.27 bits per heavy atom. The third-order valence-corrected chi connectivity index (χ3v) is 3.08. The van der Waals surface area contributed by atoms with E-state index in [0.29, 0.717) is 17.8 Å². The van der Waals surface area contributed by atoms with E-state index in [1.165, 1.54) is 18.2 Å². The molecule has 0 atom stereocenters.